The van der Waals surface area contributed by atoms with Gasteiger partial charge in [-0.3, -0.25) is 10.1 Å². The number of carbonyl (C=O) groups excluding carboxylic acids is 1. The van der Waals surface area contributed by atoms with Crippen LogP contribution in [-0.2, 0) is 5.41 Å². The van der Waals surface area contributed by atoms with Gasteiger partial charge in [-0.05, 0) is 43.7 Å². The number of nitrogens with one attached hydrogen (secondary N) is 2. The van der Waals surface area contributed by atoms with Crippen molar-refractivity contribution in [2.24, 2.45) is 0 Å². The predicted molar refractivity (Wildman–Crippen MR) is 133 cm³/mol. The highest BCUT2D eigenvalue weighted by molar-refractivity contribution is 7.14. The fourth-order valence-electron chi connectivity index (χ4n) is 3.92. The Kier molecular flexibility index (Phi) is 7.17. The highest BCUT2D eigenvalue weighted by atomic mass is 35.5. The summed E-state index contributed by atoms with van der Waals surface area (Å²) in [5, 5.41) is 8.32. The van der Waals surface area contributed by atoms with E-state index in [1.54, 1.807) is 24.4 Å². The maximum Gasteiger partial charge on any atom is 0.263 e. The maximum atomic E-state index is 14.8. The van der Waals surface area contributed by atoms with E-state index in [1.807, 2.05) is 24.0 Å². The monoisotopic (exact) mass is 500 g/mol. The molecule has 9 heteroatoms. The zero-order valence-corrected chi connectivity index (χ0v) is 20.3. The first-order valence-electron chi connectivity index (χ1n) is 10.7. The Morgan fingerprint density at radius 1 is 1.21 bits per heavy atom. The average molecular weight is 501 g/mol. The molecule has 5 nitrogen and oxygen atoms in total. The zero-order chi connectivity index (χ0) is 24.3. The van der Waals surface area contributed by atoms with Crippen molar-refractivity contribution in [2.45, 2.75) is 19.3 Å². The van der Waals surface area contributed by atoms with Crippen LogP contribution in [0.4, 0.5) is 19.6 Å². The normalized spacial score (nSPS) is 15.3. The molecule has 1 fully saturated rings. The molecular weight excluding hydrogens is 478 g/mol. The minimum Gasteiger partial charge on any atom is -0.369 e. The van der Waals surface area contributed by atoms with Crippen LogP contribution in [0.2, 0.25) is 5.02 Å². The third-order valence-electron chi connectivity index (χ3n) is 5.77. The third-order valence-corrected chi connectivity index (χ3v) is 6.78. The molecule has 1 atom stereocenters. The number of aromatic nitrogens is 1. The molecule has 3 aromatic rings. The molecule has 1 aliphatic heterocycles. The molecule has 2 N–H and O–H groups in total. The quantitative estimate of drug-likeness (QED) is 0.480. The summed E-state index contributed by atoms with van der Waals surface area (Å²) >= 11 is 7.18. The molecule has 0 aliphatic carbocycles. The summed E-state index contributed by atoms with van der Waals surface area (Å²) in [7, 11) is 0. The Labute approximate surface area is 206 Å². The second kappa shape index (κ2) is 10.1. The number of benzene rings is 2. The lowest BCUT2D eigenvalue weighted by atomic mass is 9.80. The van der Waals surface area contributed by atoms with E-state index in [0.29, 0.717) is 29.5 Å². The maximum absolute atomic E-state index is 14.8. The summed E-state index contributed by atoms with van der Waals surface area (Å²) in [5.74, 6) is 3.39. The van der Waals surface area contributed by atoms with Crippen LogP contribution in [0.3, 0.4) is 0 Å². The van der Waals surface area contributed by atoms with Gasteiger partial charge in [-0.15, -0.1) is 17.3 Å². The van der Waals surface area contributed by atoms with Crippen LogP contribution in [-0.4, -0.2) is 37.1 Å². The predicted octanol–water partition coefficient (Wildman–Crippen LogP) is 5.07. The second-order valence-corrected chi connectivity index (χ2v) is 9.31. The first-order chi connectivity index (χ1) is 16.3. The standard InChI is InChI=1S/C25H23ClF2N4OS/c1-3-8-25(2,16-4-6-17(26)7-5-16)21-15-34-24(30-21)31-23(33)22-19(27)13-18(14-20(22)28)32-11-9-29-10-12-32/h4-7,13-15,29H,9-12H2,1-2H3,(H,30,31,33). The van der Waals surface area contributed by atoms with Crippen molar-refractivity contribution in [3.05, 3.63) is 75.3 Å². The fraction of sp³-hybridized carbons (Fsp3) is 0.280. The Hall–Kier alpha value is -2.99. The Morgan fingerprint density at radius 3 is 2.47 bits per heavy atom. The molecule has 0 bridgehead atoms. The number of anilines is 2. The van der Waals surface area contributed by atoms with Crippen molar-refractivity contribution >= 4 is 39.7 Å². The van der Waals surface area contributed by atoms with E-state index in [1.165, 1.54) is 12.1 Å². The molecule has 1 saturated heterocycles. The van der Waals surface area contributed by atoms with E-state index >= 15 is 0 Å². The highest BCUT2D eigenvalue weighted by Crippen LogP contribution is 2.34. The molecule has 34 heavy (non-hydrogen) atoms. The van der Waals surface area contributed by atoms with Crippen molar-refractivity contribution in [1.29, 1.82) is 0 Å². The zero-order valence-electron chi connectivity index (χ0n) is 18.7. The summed E-state index contributed by atoms with van der Waals surface area (Å²) in [6.07, 6.45) is 0. The number of thiazole rings is 1. The summed E-state index contributed by atoms with van der Waals surface area (Å²) in [6.45, 7) is 6.39. The molecule has 0 radical (unpaired) electrons. The van der Waals surface area contributed by atoms with Crippen LogP contribution in [0.1, 0.15) is 35.5 Å². The van der Waals surface area contributed by atoms with Crippen LogP contribution in [0.15, 0.2) is 41.8 Å². The topological polar surface area (TPSA) is 57.3 Å². The molecule has 2 heterocycles. The minimum atomic E-state index is -0.911. The van der Waals surface area contributed by atoms with E-state index in [0.717, 1.165) is 30.0 Å². The number of piperazine rings is 1. The molecule has 1 aromatic heterocycles. The summed E-state index contributed by atoms with van der Waals surface area (Å²) in [5.41, 5.74) is 0.528. The molecule has 1 unspecified atom stereocenters. The largest absolute Gasteiger partial charge is 0.369 e. The average Bonchev–Trinajstić information content (AvgIpc) is 3.29. The molecule has 2 aromatic carbocycles. The van der Waals surface area contributed by atoms with Crippen molar-refractivity contribution < 1.29 is 13.6 Å². The van der Waals surface area contributed by atoms with Crippen LogP contribution >= 0.6 is 22.9 Å². The van der Waals surface area contributed by atoms with E-state index < -0.39 is 28.5 Å². The summed E-state index contributed by atoms with van der Waals surface area (Å²) in [6, 6.07) is 9.69. The van der Waals surface area contributed by atoms with E-state index in [-0.39, 0.29) is 5.13 Å². The van der Waals surface area contributed by atoms with Crippen molar-refractivity contribution in [3.8, 4) is 11.8 Å². The van der Waals surface area contributed by atoms with E-state index in [9.17, 15) is 13.6 Å². The number of hydrogen-bond donors (Lipinski definition) is 2. The molecule has 0 spiro atoms. The number of amides is 1. The van der Waals surface area contributed by atoms with Gasteiger partial charge in [0, 0.05) is 42.3 Å². The number of nitrogens with zero attached hydrogens (tertiary/aromatic N) is 2. The van der Waals surface area contributed by atoms with Gasteiger partial charge < -0.3 is 10.2 Å². The molecule has 176 valence electrons. The van der Waals surface area contributed by atoms with Gasteiger partial charge in [0.1, 0.15) is 17.2 Å². The van der Waals surface area contributed by atoms with Crippen LogP contribution in [0.25, 0.3) is 0 Å². The lowest BCUT2D eigenvalue weighted by molar-refractivity contribution is 0.101. The molecule has 1 amide bonds. The van der Waals surface area contributed by atoms with E-state index in [4.69, 9.17) is 11.6 Å². The first-order valence-corrected chi connectivity index (χ1v) is 12.0. The summed E-state index contributed by atoms with van der Waals surface area (Å²) in [4.78, 5) is 19.1. The molecule has 4 rings (SSSR count). The van der Waals surface area contributed by atoms with Gasteiger partial charge >= 0.3 is 0 Å². The Bertz CT molecular complexity index is 1240. The lowest BCUT2D eigenvalue weighted by Gasteiger charge is -2.29. The number of hydrogen-bond acceptors (Lipinski definition) is 5. The van der Waals surface area contributed by atoms with Gasteiger partial charge in [0.15, 0.2) is 5.13 Å². The van der Waals surface area contributed by atoms with Gasteiger partial charge in [-0.25, -0.2) is 13.8 Å². The molecular formula is C25H23ClF2N4OS. The van der Waals surface area contributed by atoms with Gasteiger partial charge in [0.2, 0.25) is 0 Å². The smallest absolute Gasteiger partial charge is 0.263 e. The number of carbonyl (C=O) groups is 1. The van der Waals surface area contributed by atoms with Crippen LogP contribution in [0, 0.1) is 23.5 Å². The summed E-state index contributed by atoms with van der Waals surface area (Å²) < 4.78 is 29.6. The first kappa shape index (κ1) is 24.1. The van der Waals surface area contributed by atoms with Crippen molar-refractivity contribution in [2.75, 3.05) is 36.4 Å². The Balaban J connectivity index is 1.57. The van der Waals surface area contributed by atoms with Gasteiger partial charge in [0.25, 0.3) is 5.91 Å². The number of halogens is 3. The van der Waals surface area contributed by atoms with Crippen LogP contribution in [0.5, 0.6) is 0 Å². The van der Waals surface area contributed by atoms with Crippen LogP contribution < -0.4 is 15.5 Å². The van der Waals surface area contributed by atoms with Gasteiger partial charge in [0.05, 0.1) is 11.1 Å². The van der Waals surface area contributed by atoms with E-state index in [2.05, 4.69) is 27.5 Å². The SMILES string of the molecule is CC#CC(C)(c1ccc(Cl)cc1)c1csc(NC(=O)c2c(F)cc(N3CCNCC3)cc2F)n1. The highest BCUT2D eigenvalue weighted by Gasteiger charge is 2.30. The lowest BCUT2D eigenvalue weighted by Crippen LogP contribution is -2.43. The van der Waals surface area contributed by atoms with Crippen molar-refractivity contribution in [3.63, 3.8) is 0 Å². The minimum absolute atomic E-state index is 0.225. The van der Waals surface area contributed by atoms with Crippen molar-refractivity contribution in [1.82, 2.24) is 10.3 Å². The number of rotatable bonds is 5. The van der Waals surface area contributed by atoms with Gasteiger partial charge in [-0.2, -0.15) is 0 Å². The van der Waals surface area contributed by atoms with Gasteiger partial charge in [-0.1, -0.05) is 29.7 Å². The molecule has 0 saturated carbocycles. The Morgan fingerprint density at radius 2 is 1.85 bits per heavy atom. The molecule has 1 aliphatic rings. The fourth-order valence-corrected chi connectivity index (χ4v) is 4.86. The second-order valence-electron chi connectivity index (χ2n) is 8.02. The third kappa shape index (κ3) is 4.92.